The third-order valence-corrected chi connectivity index (χ3v) is 4.69. The van der Waals surface area contributed by atoms with Crippen LogP contribution in [0.25, 0.3) is 0 Å². The summed E-state index contributed by atoms with van der Waals surface area (Å²) in [5.74, 6) is 0.425. The molecule has 1 amide bonds. The van der Waals surface area contributed by atoms with Gasteiger partial charge in [-0.15, -0.1) is 11.8 Å². The van der Waals surface area contributed by atoms with E-state index in [2.05, 4.69) is 5.32 Å². The van der Waals surface area contributed by atoms with Crippen molar-refractivity contribution in [2.75, 3.05) is 31.8 Å². The summed E-state index contributed by atoms with van der Waals surface area (Å²) in [6, 6.07) is 0. The molecule has 1 saturated carbocycles. The zero-order chi connectivity index (χ0) is 14.8. The van der Waals surface area contributed by atoms with Crippen LogP contribution in [0.15, 0.2) is 0 Å². The number of thioether (sulfide) groups is 1. The van der Waals surface area contributed by atoms with E-state index in [9.17, 15) is 9.59 Å². The van der Waals surface area contributed by atoms with Crippen molar-refractivity contribution in [2.24, 2.45) is 5.41 Å². The minimum Gasteiger partial charge on any atom is -0.481 e. The highest BCUT2D eigenvalue weighted by molar-refractivity contribution is 7.99. The number of carbonyl (C=O) groups is 2. The molecule has 0 radical (unpaired) electrons. The van der Waals surface area contributed by atoms with Gasteiger partial charge < -0.3 is 15.2 Å². The van der Waals surface area contributed by atoms with Crippen molar-refractivity contribution >= 4 is 23.6 Å². The van der Waals surface area contributed by atoms with E-state index >= 15 is 0 Å². The number of hydrogen-bond donors (Lipinski definition) is 2. The van der Waals surface area contributed by atoms with E-state index in [1.807, 2.05) is 0 Å². The Morgan fingerprint density at radius 3 is 2.60 bits per heavy atom. The second-order valence-electron chi connectivity index (χ2n) is 5.45. The maximum atomic E-state index is 11.8. The van der Waals surface area contributed by atoms with Crippen LogP contribution < -0.4 is 5.32 Å². The summed E-state index contributed by atoms with van der Waals surface area (Å²) in [4.78, 5) is 22.8. The van der Waals surface area contributed by atoms with E-state index in [1.54, 1.807) is 7.11 Å². The van der Waals surface area contributed by atoms with Gasteiger partial charge in [0.05, 0.1) is 18.8 Å². The Hall–Kier alpha value is -0.750. The maximum absolute atomic E-state index is 11.8. The smallest absolute Gasteiger partial charge is 0.303 e. The maximum Gasteiger partial charge on any atom is 0.303 e. The van der Waals surface area contributed by atoms with E-state index in [-0.39, 0.29) is 17.7 Å². The Bertz CT molecular complexity index is 316. The zero-order valence-corrected chi connectivity index (χ0v) is 13.0. The molecule has 1 aliphatic carbocycles. The fraction of sp³-hybridized carbons (Fsp3) is 0.857. The molecule has 6 heteroatoms. The minimum atomic E-state index is -0.768. The van der Waals surface area contributed by atoms with Gasteiger partial charge in [-0.05, 0) is 18.3 Å². The summed E-state index contributed by atoms with van der Waals surface area (Å²) in [5, 5.41) is 12.0. The number of aliphatic carboxylic acids is 1. The Kier molecular flexibility index (Phi) is 7.99. The molecule has 2 N–H and O–H groups in total. The predicted molar refractivity (Wildman–Crippen MR) is 80.0 cm³/mol. The number of hydrogen-bond acceptors (Lipinski definition) is 4. The van der Waals surface area contributed by atoms with Gasteiger partial charge >= 0.3 is 5.97 Å². The topological polar surface area (TPSA) is 75.6 Å². The summed E-state index contributed by atoms with van der Waals surface area (Å²) in [6.07, 6.45) is 5.25. The number of carbonyl (C=O) groups excluding carboxylic acids is 1. The van der Waals surface area contributed by atoms with E-state index in [0.717, 1.165) is 31.4 Å². The number of ether oxygens (including phenoxy) is 1. The molecule has 1 rings (SSSR count). The van der Waals surface area contributed by atoms with Crippen LogP contribution >= 0.6 is 11.8 Å². The third-order valence-electron chi connectivity index (χ3n) is 3.77. The molecule has 0 aromatic heterocycles. The molecule has 1 fully saturated rings. The molecule has 0 bridgehead atoms. The Morgan fingerprint density at radius 1 is 1.30 bits per heavy atom. The van der Waals surface area contributed by atoms with Crippen molar-refractivity contribution in [2.45, 2.75) is 38.5 Å². The first-order valence-electron chi connectivity index (χ1n) is 7.13. The average molecular weight is 303 g/mol. The van der Waals surface area contributed by atoms with Crippen molar-refractivity contribution in [1.29, 1.82) is 0 Å². The number of carboxylic acid groups (broad SMARTS) is 1. The van der Waals surface area contributed by atoms with Gasteiger partial charge in [-0.25, -0.2) is 0 Å². The number of rotatable bonds is 9. The summed E-state index contributed by atoms with van der Waals surface area (Å²) in [7, 11) is 1.64. The van der Waals surface area contributed by atoms with E-state index < -0.39 is 5.97 Å². The van der Waals surface area contributed by atoms with Crippen LogP contribution in [-0.4, -0.2) is 48.8 Å². The quantitative estimate of drug-likeness (QED) is 0.636. The number of nitrogens with one attached hydrogen (secondary N) is 1. The molecule has 1 aliphatic rings. The highest BCUT2D eigenvalue weighted by Crippen LogP contribution is 2.38. The second kappa shape index (κ2) is 9.23. The van der Waals surface area contributed by atoms with E-state index in [0.29, 0.717) is 18.9 Å². The lowest BCUT2D eigenvalue weighted by Crippen LogP contribution is -2.41. The Balaban J connectivity index is 2.34. The molecule has 0 heterocycles. The van der Waals surface area contributed by atoms with E-state index in [4.69, 9.17) is 9.84 Å². The number of amides is 1. The number of methoxy groups -OCH3 is 1. The molecule has 0 saturated heterocycles. The Morgan fingerprint density at radius 2 is 2.00 bits per heavy atom. The average Bonchev–Trinajstić information content (AvgIpc) is 2.42. The van der Waals surface area contributed by atoms with Crippen LogP contribution in [-0.2, 0) is 14.3 Å². The van der Waals surface area contributed by atoms with Gasteiger partial charge in [0.2, 0.25) is 5.91 Å². The highest BCUT2D eigenvalue weighted by Gasteiger charge is 2.34. The fourth-order valence-corrected chi connectivity index (χ4v) is 3.40. The predicted octanol–water partition coefficient (Wildman–Crippen LogP) is 1.91. The van der Waals surface area contributed by atoms with Crippen LogP contribution in [0.4, 0.5) is 0 Å². The lowest BCUT2D eigenvalue weighted by atomic mass is 9.71. The molecule has 116 valence electrons. The molecule has 0 aromatic carbocycles. The first-order valence-corrected chi connectivity index (χ1v) is 8.29. The first kappa shape index (κ1) is 17.3. The van der Waals surface area contributed by atoms with Gasteiger partial charge in [0, 0.05) is 19.4 Å². The van der Waals surface area contributed by atoms with Crippen molar-refractivity contribution in [3.8, 4) is 0 Å². The largest absolute Gasteiger partial charge is 0.481 e. The summed E-state index contributed by atoms with van der Waals surface area (Å²) < 4.78 is 4.92. The molecule has 0 spiro atoms. The van der Waals surface area contributed by atoms with Crippen LogP contribution in [0.5, 0.6) is 0 Å². The lowest BCUT2D eigenvalue weighted by molar-refractivity contribution is -0.140. The molecule has 0 aromatic rings. The van der Waals surface area contributed by atoms with Crippen LogP contribution in [0.2, 0.25) is 0 Å². The second-order valence-corrected chi connectivity index (χ2v) is 6.56. The SMILES string of the molecule is COCCSCC(=O)NCC1(CC(=O)O)CCCCC1. The third kappa shape index (κ3) is 6.61. The molecular formula is C14H25NO4S. The van der Waals surface area contributed by atoms with Crippen molar-refractivity contribution in [3.05, 3.63) is 0 Å². The number of carboxylic acids is 1. The molecule has 5 nitrogen and oxygen atoms in total. The van der Waals surface area contributed by atoms with Crippen LogP contribution in [0.1, 0.15) is 38.5 Å². The Labute approximate surface area is 124 Å². The van der Waals surface area contributed by atoms with Gasteiger partial charge in [0.15, 0.2) is 0 Å². The normalized spacial score (nSPS) is 17.6. The zero-order valence-electron chi connectivity index (χ0n) is 12.2. The lowest BCUT2D eigenvalue weighted by Gasteiger charge is -2.36. The van der Waals surface area contributed by atoms with Gasteiger partial charge in [-0.2, -0.15) is 0 Å². The van der Waals surface area contributed by atoms with Gasteiger partial charge in [-0.1, -0.05) is 19.3 Å². The summed E-state index contributed by atoms with van der Waals surface area (Å²) >= 11 is 1.53. The fourth-order valence-electron chi connectivity index (χ4n) is 2.68. The van der Waals surface area contributed by atoms with Gasteiger partial charge in [0.1, 0.15) is 0 Å². The molecule has 0 aliphatic heterocycles. The molecule has 20 heavy (non-hydrogen) atoms. The minimum absolute atomic E-state index is 0.0126. The summed E-state index contributed by atoms with van der Waals surface area (Å²) in [5.41, 5.74) is -0.239. The molecule has 0 atom stereocenters. The van der Waals surface area contributed by atoms with Crippen LogP contribution in [0, 0.1) is 5.41 Å². The highest BCUT2D eigenvalue weighted by atomic mass is 32.2. The molecular weight excluding hydrogens is 278 g/mol. The van der Waals surface area contributed by atoms with Crippen molar-refractivity contribution in [1.82, 2.24) is 5.32 Å². The molecule has 0 unspecified atom stereocenters. The van der Waals surface area contributed by atoms with Gasteiger partial charge in [-0.3, -0.25) is 9.59 Å². The van der Waals surface area contributed by atoms with Crippen LogP contribution in [0.3, 0.4) is 0 Å². The van der Waals surface area contributed by atoms with E-state index in [1.165, 1.54) is 18.2 Å². The summed E-state index contributed by atoms with van der Waals surface area (Å²) in [6.45, 7) is 1.13. The monoisotopic (exact) mass is 303 g/mol. The van der Waals surface area contributed by atoms with Crippen molar-refractivity contribution in [3.63, 3.8) is 0 Å². The first-order chi connectivity index (χ1) is 9.58. The van der Waals surface area contributed by atoms with Gasteiger partial charge in [0.25, 0.3) is 0 Å². The van der Waals surface area contributed by atoms with Crippen molar-refractivity contribution < 1.29 is 19.4 Å². The standard InChI is InChI=1S/C14H25NO4S/c1-19-7-8-20-10-12(16)15-11-14(9-13(17)18)5-3-2-4-6-14/h2-11H2,1H3,(H,15,16)(H,17,18).